The molecule has 3 fully saturated rings. The van der Waals surface area contributed by atoms with Crippen molar-refractivity contribution in [3.8, 4) is 11.3 Å². The van der Waals surface area contributed by atoms with Crippen molar-refractivity contribution in [2.75, 3.05) is 72.4 Å². The van der Waals surface area contributed by atoms with E-state index in [1.54, 1.807) is 22.0 Å². The number of piperazine rings is 1. The first kappa shape index (κ1) is 40.4. The summed E-state index contributed by atoms with van der Waals surface area (Å²) in [6.45, 7) is 16.1. The molecule has 3 N–H and O–H groups in total. The Balaban J connectivity index is 0.773. The van der Waals surface area contributed by atoms with Gasteiger partial charge < -0.3 is 20.4 Å². The Labute approximate surface area is 351 Å². The van der Waals surface area contributed by atoms with Gasteiger partial charge in [0.05, 0.1) is 17.4 Å². The van der Waals surface area contributed by atoms with Crippen LogP contribution in [0.3, 0.4) is 0 Å². The Bertz CT molecular complexity index is 2310. The first-order valence-corrected chi connectivity index (χ1v) is 20.9. The molecule has 0 radical (unpaired) electrons. The third-order valence-corrected chi connectivity index (χ3v) is 11.7. The molecule has 3 aromatic carbocycles. The maximum atomic E-state index is 12.7. The first-order chi connectivity index (χ1) is 28.9. The minimum atomic E-state index is -0.349. The number of hydrogen-bond acceptors (Lipinski definition) is 11. The molecule has 5 aromatic rings. The second kappa shape index (κ2) is 17.5. The summed E-state index contributed by atoms with van der Waals surface area (Å²) in [7, 11) is 0. The number of imide groups is 1. The van der Waals surface area contributed by atoms with Crippen LogP contribution in [0.4, 0.5) is 33.5 Å². The van der Waals surface area contributed by atoms with Gasteiger partial charge in [0.15, 0.2) is 5.69 Å². The molecule has 2 aromatic heterocycles. The molecular formula is C45H54N12O3. The molecule has 15 heteroatoms. The third kappa shape index (κ3) is 9.57. The number of hydrogen-bond donors (Lipinski definition) is 3. The zero-order valence-electron chi connectivity index (χ0n) is 34.9. The first-order valence-electron chi connectivity index (χ1n) is 20.9. The number of nitrogens with one attached hydrogen (secondary N) is 3. The van der Waals surface area contributed by atoms with Gasteiger partial charge in [-0.2, -0.15) is 0 Å². The molecule has 0 saturated carbocycles. The zero-order chi connectivity index (χ0) is 41.8. The maximum Gasteiger partial charge on any atom is 0.328 e. The highest BCUT2D eigenvalue weighted by atomic mass is 16.2. The molecule has 3 aliphatic heterocycles. The molecule has 0 atom stereocenters. The summed E-state index contributed by atoms with van der Waals surface area (Å²) in [6, 6.07) is 24.3. The molecule has 3 saturated heterocycles. The van der Waals surface area contributed by atoms with Crippen molar-refractivity contribution >= 4 is 46.5 Å². The second-order valence-corrected chi connectivity index (χ2v) is 17.0. The number of piperidine rings is 1. The summed E-state index contributed by atoms with van der Waals surface area (Å²) in [6.07, 6.45) is 6.09. The van der Waals surface area contributed by atoms with E-state index < -0.39 is 0 Å². The Hall–Kier alpha value is -6.35. The normalized spacial score (nSPS) is 16.8. The predicted molar refractivity (Wildman–Crippen MR) is 234 cm³/mol. The van der Waals surface area contributed by atoms with Crippen LogP contribution in [0.15, 0.2) is 85.2 Å². The molecule has 0 bridgehead atoms. The number of aromatic nitrogens is 5. The van der Waals surface area contributed by atoms with E-state index in [9.17, 15) is 14.4 Å². The van der Waals surface area contributed by atoms with Gasteiger partial charge >= 0.3 is 6.03 Å². The van der Waals surface area contributed by atoms with E-state index >= 15 is 0 Å². The van der Waals surface area contributed by atoms with Crippen molar-refractivity contribution in [3.63, 3.8) is 0 Å². The highest BCUT2D eigenvalue weighted by molar-refractivity contribution is 6.05. The number of rotatable bonds is 11. The Morgan fingerprint density at radius 1 is 0.833 bits per heavy atom. The van der Waals surface area contributed by atoms with Gasteiger partial charge in [0.1, 0.15) is 0 Å². The van der Waals surface area contributed by atoms with Crippen LogP contribution in [0.5, 0.6) is 0 Å². The number of amides is 4. The van der Waals surface area contributed by atoms with Gasteiger partial charge in [-0.05, 0) is 118 Å². The number of carbonyl (C=O) groups excluding carboxylic acids is 3. The summed E-state index contributed by atoms with van der Waals surface area (Å²) in [5.74, 6) is 0.735. The summed E-state index contributed by atoms with van der Waals surface area (Å²) < 4.78 is 1.69. The van der Waals surface area contributed by atoms with Crippen LogP contribution in [0.2, 0.25) is 0 Å². The van der Waals surface area contributed by atoms with Gasteiger partial charge in [0.2, 0.25) is 11.9 Å². The van der Waals surface area contributed by atoms with E-state index in [2.05, 4.69) is 88.4 Å². The van der Waals surface area contributed by atoms with Crippen molar-refractivity contribution < 1.29 is 14.4 Å². The minimum absolute atomic E-state index is 0.217. The SMILES string of the molecule is Cc1cc(-c2ccnc(Nc3ccc(N4CCN(CC5CCN(c6ccc(N7CCC(=O)NC7=O)cc6)CC5)CC4)cc3)n2)ccc1CNC(=O)c1cn(C(C)(C)C)nn1. The van der Waals surface area contributed by atoms with E-state index in [4.69, 9.17) is 4.98 Å². The molecule has 15 nitrogen and oxygen atoms in total. The fourth-order valence-electron chi connectivity index (χ4n) is 8.06. The highest BCUT2D eigenvalue weighted by Crippen LogP contribution is 2.29. The van der Waals surface area contributed by atoms with E-state index in [1.165, 1.54) is 11.4 Å². The average Bonchev–Trinajstić information content (AvgIpc) is 3.77. The Kier molecular flexibility index (Phi) is 11.8. The lowest BCUT2D eigenvalue weighted by atomic mass is 9.95. The summed E-state index contributed by atoms with van der Waals surface area (Å²) in [5.41, 5.74) is 8.01. The molecule has 8 rings (SSSR count). The number of urea groups is 1. The number of nitrogens with zero attached hydrogens (tertiary/aromatic N) is 9. The van der Waals surface area contributed by atoms with Crippen LogP contribution in [-0.4, -0.2) is 100 Å². The van der Waals surface area contributed by atoms with Crippen LogP contribution in [0.1, 0.15) is 61.6 Å². The van der Waals surface area contributed by atoms with Crippen molar-refractivity contribution in [1.82, 2.24) is 40.5 Å². The maximum absolute atomic E-state index is 12.7. The van der Waals surface area contributed by atoms with E-state index in [1.807, 2.05) is 58.0 Å². The number of benzene rings is 3. The van der Waals surface area contributed by atoms with Crippen LogP contribution in [-0.2, 0) is 16.9 Å². The number of aryl methyl sites for hydroxylation is 1. The zero-order valence-corrected chi connectivity index (χ0v) is 34.9. The lowest BCUT2D eigenvalue weighted by Crippen LogP contribution is -2.49. The van der Waals surface area contributed by atoms with Crippen molar-refractivity contribution in [2.24, 2.45) is 5.92 Å². The molecule has 3 aliphatic rings. The largest absolute Gasteiger partial charge is 0.372 e. The standard InChI is InChI=1S/C45H54N12O3/c1-31-27-33(5-6-34(31)28-47-42(59)40-30-57(52-51-40)45(2,3)4)39-15-19-46-43(49-39)48-35-7-9-36(10-8-35)55-25-23-53(24-26-55)29-32-16-20-54(21-17-32)37-11-13-38(14-12-37)56-22-18-41(58)50-44(56)60/h5-15,19,27,30,32H,16-18,20-26,28-29H2,1-4H3,(H,47,59)(H,46,48,49)(H,50,58,60). The van der Waals surface area contributed by atoms with Gasteiger partial charge in [-0.25, -0.2) is 19.4 Å². The van der Waals surface area contributed by atoms with Gasteiger partial charge in [-0.3, -0.25) is 24.7 Å². The summed E-state index contributed by atoms with van der Waals surface area (Å²) in [4.78, 5) is 54.9. The molecule has 0 aliphatic carbocycles. The average molecular weight is 811 g/mol. The number of anilines is 5. The van der Waals surface area contributed by atoms with Crippen molar-refractivity contribution in [2.45, 2.75) is 59.0 Å². The quantitative estimate of drug-likeness (QED) is 0.145. The second-order valence-electron chi connectivity index (χ2n) is 17.0. The lowest BCUT2D eigenvalue weighted by Gasteiger charge is -2.40. The lowest BCUT2D eigenvalue weighted by molar-refractivity contribution is -0.120. The number of carbonyl (C=O) groups is 3. The minimum Gasteiger partial charge on any atom is -0.372 e. The Morgan fingerprint density at radius 3 is 2.18 bits per heavy atom. The van der Waals surface area contributed by atoms with Gasteiger partial charge in [0, 0.05) is 99.8 Å². The molecular weight excluding hydrogens is 757 g/mol. The van der Waals surface area contributed by atoms with Crippen LogP contribution in [0.25, 0.3) is 11.3 Å². The Morgan fingerprint density at radius 2 is 1.52 bits per heavy atom. The fraction of sp³-hybridized carbons (Fsp3) is 0.400. The van der Waals surface area contributed by atoms with E-state index in [-0.39, 0.29) is 23.4 Å². The van der Waals surface area contributed by atoms with Gasteiger partial charge in [0.25, 0.3) is 5.91 Å². The van der Waals surface area contributed by atoms with Crippen LogP contribution in [0, 0.1) is 12.8 Å². The van der Waals surface area contributed by atoms with Crippen molar-refractivity contribution in [1.29, 1.82) is 0 Å². The van der Waals surface area contributed by atoms with Gasteiger partial charge in [-0.15, -0.1) is 5.10 Å². The fourth-order valence-corrected chi connectivity index (χ4v) is 8.06. The summed E-state index contributed by atoms with van der Waals surface area (Å²) in [5, 5.41) is 16.9. The molecule has 4 amide bonds. The van der Waals surface area contributed by atoms with Gasteiger partial charge in [-0.1, -0.05) is 17.3 Å². The molecule has 0 spiro atoms. The molecule has 312 valence electrons. The molecule has 0 unspecified atom stereocenters. The monoisotopic (exact) mass is 810 g/mol. The molecule has 5 heterocycles. The predicted octanol–water partition coefficient (Wildman–Crippen LogP) is 5.96. The van der Waals surface area contributed by atoms with Crippen LogP contribution < -0.4 is 30.7 Å². The molecule has 60 heavy (non-hydrogen) atoms. The van der Waals surface area contributed by atoms with E-state index in [0.29, 0.717) is 37.1 Å². The summed E-state index contributed by atoms with van der Waals surface area (Å²) >= 11 is 0. The third-order valence-electron chi connectivity index (χ3n) is 11.7. The van der Waals surface area contributed by atoms with Crippen molar-refractivity contribution in [3.05, 3.63) is 102 Å². The topological polar surface area (TPSA) is 157 Å². The van der Waals surface area contributed by atoms with Crippen LogP contribution >= 0.6 is 0 Å². The smallest absolute Gasteiger partial charge is 0.328 e. The van der Waals surface area contributed by atoms with E-state index in [0.717, 1.165) is 92.4 Å². The highest BCUT2D eigenvalue weighted by Gasteiger charge is 2.27.